The van der Waals surface area contributed by atoms with E-state index in [9.17, 15) is 0 Å². The van der Waals surface area contributed by atoms with Crippen LogP contribution in [-0.2, 0) is 4.74 Å². The topological polar surface area (TPSA) is 21.3 Å². The second-order valence-electron chi connectivity index (χ2n) is 5.92. The molecule has 1 N–H and O–H groups in total. The molecule has 1 atom stereocenters. The molecule has 0 radical (unpaired) electrons. The Morgan fingerprint density at radius 2 is 1.71 bits per heavy atom. The quantitative estimate of drug-likeness (QED) is 0.715. The lowest BCUT2D eigenvalue weighted by molar-refractivity contribution is -0.0570. The highest BCUT2D eigenvalue weighted by atomic mass is 16.5. The van der Waals surface area contributed by atoms with Crippen LogP contribution < -0.4 is 5.32 Å². The highest BCUT2D eigenvalue weighted by Crippen LogP contribution is 2.35. The Kier molecular flexibility index (Phi) is 6.50. The van der Waals surface area contributed by atoms with Crippen molar-refractivity contribution in [3.05, 3.63) is 0 Å². The van der Waals surface area contributed by atoms with Crippen LogP contribution in [-0.4, -0.2) is 25.3 Å². The Balaban J connectivity index is 2.75. The number of rotatable bonds is 6. The van der Waals surface area contributed by atoms with E-state index < -0.39 is 0 Å². The zero-order valence-corrected chi connectivity index (χ0v) is 12.2. The summed E-state index contributed by atoms with van der Waals surface area (Å²) in [5, 5.41) is 3.68. The summed E-state index contributed by atoms with van der Waals surface area (Å²) in [6, 6.07) is 0.524. The third-order valence-corrected chi connectivity index (χ3v) is 4.15. The summed E-state index contributed by atoms with van der Waals surface area (Å²) >= 11 is 0. The van der Waals surface area contributed by atoms with E-state index in [0.717, 1.165) is 12.5 Å². The Morgan fingerprint density at radius 1 is 1.12 bits per heavy atom. The van der Waals surface area contributed by atoms with E-state index in [0.29, 0.717) is 6.04 Å². The molecule has 1 unspecified atom stereocenters. The van der Waals surface area contributed by atoms with Gasteiger partial charge in [-0.15, -0.1) is 0 Å². The molecule has 0 amide bonds. The highest BCUT2D eigenvalue weighted by Gasteiger charge is 2.38. The van der Waals surface area contributed by atoms with Gasteiger partial charge in [-0.05, 0) is 31.7 Å². The lowest BCUT2D eigenvalue weighted by Crippen LogP contribution is -2.52. The maximum absolute atomic E-state index is 6.01. The van der Waals surface area contributed by atoms with Crippen molar-refractivity contribution in [2.75, 3.05) is 13.7 Å². The normalized spacial score (nSPS) is 22.4. The number of likely N-dealkylation sites (N-methyl/N-ethyl adjacent to an activating group) is 1. The first-order valence-corrected chi connectivity index (χ1v) is 7.43. The van der Waals surface area contributed by atoms with Crippen LogP contribution in [0.5, 0.6) is 0 Å². The molecule has 102 valence electrons. The minimum atomic E-state index is 0.0940. The summed E-state index contributed by atoms with van der Waals surface area (Å²) in [6.45, 7) is 7.87. The van der Waals surface area contributed by atoms with Crippen LogP contribution in [0.15, 0.2) is 0 Å². The second-order valence-corrected chi connectivity index (χ2v) is 5.92. The van der Waals surface area contributed by atoms with Gasteiger partial charge < -0.3 is 10.1 Å². The number of nitrogens with one attached hydrogen (secondary N) is 1. The van der Waals surface area contributed by atoms with E-state index in [2.05, 4.69) is 26.1 Å². The molecule has 0 aromatic heterocycles. The fourth-order valence-corrected chi connectivity index (χ4v) is 3.22. The smallest absolute Gasteiger partial charge is 0.0831 e. The van der Waals surface area contributed by atoms with E-state index in [1.54, 1.807) is 0 Å². The summed E-state index contributed by atoms with van der Waals surface area (Å²) in [5.41, 5.74) is 0.0940. The van der Waals surface area contributed by atoms with Gasteiger partial charge in [0.25, 0.3) is 0 Å². The minimum Gasteiger partial charge on any atom is -0.377 e. The first-order valence-electron chi connectivity index (χ1n) is 7.43. The van der Waals surface area contributed by atoms with E-state index >= 15 is 0 Å². The van der Waals surface area contributed by atoms with Gasteiger partial charge in [-0.25, -0.2) is 0 Å². The van der Waals surface area contributed by atoms with Gasteiger partial charge in [0.1, 0.15) is 0 Å². The molecule has 1 saturated carbocycles. The van der Waals surface area contributed by atoms with Crippen molar-refractivity contribution < 1.29 is 4.74 Å². The Hall–Kier alpha value is -0.0800. The van der Waals surface area contributed by atoms with Crippen LogP contribution in [0.4, 0.5) is 0 Å². The predicted octanol–water partition coefficient (Wildman–Crippen LogP) is 3.75. The van der Waals surface area contributed by atoms with Gasteiger partial charge in [0.15, 0.2) is 0 Å². The molecule has 1 aliphatic carbocycles. The third kappa shape index (κ3) is 4.26. The molecule has 2 nitrogen and oxygen atoms in total. The average molecular weight is 241 g/mol. The lowest BCUT2D eigenvalue weighted by Gasteiger charge is -2.40. The Morgan fingerprint density at radius 3 is 2.12 bits per heavy atom. The van der Waals surface area contributed by atoms with E-state index in [1.807, 2.05) is 7.11 Å². The molecule has 0 aromatic carbocycles. The van der Waals surface area contributed by atoms with E-state index in [-0.39, 0.29) is 5.60 Å². The van der Waals surface area contributed by atoms with E-state index in [1.165, 1.54) is 44.9 Å². The molecular weight excluding hydrogens is 210 g/mol. The van der Waals surface area contributed by atoms with Crippen LogP contribution >= 0.6 is 0 Å². The first kappa shape index (κ1) is 15.0. The SMILES string of the molecule is CCNC(CC(C)C)C1(OC)CCCCCC1. The zero-order chi connectivity index (χ0) is 12.7. The van der Waals surface area contributed by atoms with Gasteiger partial charge in [-0.2, -0.15) is 0 Å². The lowest BCUT2D eigenvalue weighted by atomic mass is 9.82. The van der Waals surface area contributed by atoms with Crippen LogP contribution in [0.1, 0.15) is 65.7 Å². The molecule has 1 fully saturated rings. The zero-order valence-electron chi connectivity index (χ0n) is 12.2. The molecule has 1 aliphatic rings. The average Bonchev–Trinajstić information content (AvgIpc) is 2.54. The fourth-order valence-electron chi connectivity index (χ4n) is 3.22. The van der Waals surface area contributed by atoms with Crippen molar-refractivity contribution in [1.29, 1.82) is 0 Å². The monoisotopic (exact) mass is 241 g/mol. The number of ether oxygens (including phenoxy) is 1. The standard InChI is InChI=1S/C15H31NO/c1-5-16-14(12-13(2)3)15(17-4)10-8-6-7-9-11-15/h13-14,16H,5-12H2,1-4H3. The van der Waals surface area contributed by atoms with E-state index in [4.69, 9.17) is 4.74 Å². The van der Waals surface area contributed by atoms with Gasteiger partial charge in [-0.3, -0.25) is 0 Å². The Bertz CT molecular complexity index is 195. The molecule has 0 spiro atoms. The highest BCUT2D eigenvalue weighted by molar-refractivity contribution is 4.94. The number of methoxy groups -OCH3 is 1. The molecular formula is C15H31NO. The molecule has 1 rings (SSSR count). The molecule has 0 bridgehead atoms. The molecule has 0 aromatic rings. The largest absolute Gasteiger partial charge is 0.377 e. The Labute approximate surface area is 108 Å². The molecule has 2 heteroatoms. The van der Waals surface area contributed by atoms with Crippen molar-refractivity contribution in [2.45, 2.75) is 77.4 Å². The molecule has 0 saturated heterocycles. The van der Waals surface area contributed by atoms with Gasteiger partial charge in [0, 0.05) is 13.2 Å². The third-order valence-electron chi connectivity index (χ3n) is 4.15. The van der Waals surface area contributed by atoms with Gasteiger partial charge in [0.2, 0.25) is 0 Å². The van der Waals surface area contributed by atoms with Crippen molar-refractivity contribution in [1.82, 2.24) is 5.32 Å². The fraction of sp³-hybridized carbons (Fsp3) is 1.00. The van der Waals surface area contributed by atoms with Crippen LogP contribution in [0, 0.1) is 5.92 Å². The maximum atomic E-state index is 6.01. The van der Waals surface area contributed by atoms with Gasteiger partial charge in [-0.1, -0.05) is 46.5 Å². The van der Waals surface area contributed by atoms with Crippen molar-refractivity contribution in [3.63, 3.8) is 0 Å². The van der Waals surface area contributed by atoms with Crippen LogP contribution in [0.2, 0.25) is 0 Å². The van der Waals surface area contributed by atoms with Gasteiger partial charge in [0.05, 0.1) is 5.60 Å². The van der Waals surface area contributed by atoms with Crippen LogP contribution in [0.3, 0.4) is 0 Å². The number of hydrogen-bond acceptors (Lipinski definition) is 2. The molecule has 0 heterocycles. The number of hydrogen-bond donors (Lipinski definition) is 1. The van der Waals surface area contributed by atoms with Crippen molar-refractivity contribution >= 4 is 0 Å². The summed E-state index contributed by atoms with van der Waals surface area (Å²) in [5.74, 6) is 0.731. The summed E-state index contributed by atoms with van der Waals surface area (Å²) in [7, 11) is 1.91. The summed E-state index contributed by atoms with van der Waals surface area (Å²) < 4.78 is 6.01. The van der Waals surface area contributed by atoms with Crippen molar-refractivity contribution in [2.24, 2.45) is 5.92 Å². The van der Waals surface area contributed by atoms with Gasteiger partial charge >= 0.3 is 0 Å². The molecule has 17 heavy (non-hydrogen) atoms. The minimum absolute atomic E-state index is 0.0940. The maximum Gasteiger partial charge on any atom is 0.0831 e. The summed E-state index contributed by atoms with van der Waals surface area (Å²) in [4.78, 5) is 0. The first-order chi connectivity index (χ1) is 8.14. The summed E-state index contributed by atoms with van der Waals surface area (Å²) in [6.07, 6.45) is 9.10. The van der Waals surface area contributed by atoms with Crippen molar-refractivity contribution in [3.8, 4) is 0 Å². The van der Waals surface area contributed by atoms with Crippen LogP contribution in [0.25, 0.3) is 0 Å². The molecule has 0 aliphatic heterocycles. The second kappa shape index (κ2) is 7.38. The predicted molar refractivity (Wildman–Crippen MR) is 74.4 cm³/mol.